The molecular weight excluding hydrogens is 142 g/mol. The fourth-order valence-corrected chi connectivity index (χ4v) is 2.60. The lowest BCUT2D eigenvalue weighted by molar-refractivity contribution is 0.437. The average molecular weight is 159 g/mol. The summed E-state index contributed by atoms with van der Waals surface area (Å²) in [5.74, 6) is 1.28. The van der Waals surface area contributed by atoms with Gasteiger partial charge in [-0.15, -0.1) is 0 Å². The molecule has 0 saturated carbocycles. The smallest absolute Gasteiger partial charge is 0.0184 e. The summed E-state index contributed by atoms with van der Waals surface area (Å²) >= 11 is 2.10. The predicted molar refractivity (Wildman–Crippen MR) is 48.6 cm³/mol. The van der Waals surface area contributed by atoms with Crippen LogP contribution < -0.4 is 5.32 Å². The molecule has 1 fully saturated rings. The summed E-state index contributed by atoms with van der Waals surface area (Å²) < 4.78 is 0. The minimum absolute atomic E-state index is 0.714. The zero-order valence-electron chi connectivity index (χ0n) is 7.05. The lowest BCUT2D eigenvalue weighted by atomic mass is 10.1. The zero-order valence-corrected chi connectivity index (χ0v) is 7.87. The van der Waals surface area contributed by atoms with E-state index in [1.165, 1.54) is 12.2 Å². The molecule has 3 atom stereocenters. The topological polar surface area (TPSA) is 12.0 Å². The molecule has 0 aromatic heterocycles. The number of nitrogens with one attached hydrogen (secondary N) is 1. The minimum Gasteiger partial charge on any atom is -0.310 e. The normalized spacial score (nSPS) is 41.7. The third kappa shape index (κ3) is 1.89. The Hall–Kier alpha value is 0.310. The van der Waals surface area contributed by atoms with E-state index in [4.69, 9.17) is 0 Å². The van der Waals surface area contributed by atoms with Gasteiger partial charge in [-0.2, -0.15) is 11.8 Å². The van der Waals surface area contributed by atoms with Crippen LogP contribution in [0.15, 0.2) is 0 Å². The molecule has 1 saturated heterocycles. The Balaban J connectivity index is 2.38. The average Bonchev–Trinajstić information content (AvgIpc) is 1.94. The van der Waals surface area contributed by atoms with Gasteiger partial charge in [0.1, 0.15) is 0 Å². The first kappa shape index (κ1) is 8.41. The molecule has 1 aliphatic rings. The first-order valence-electron chi connectivity index (χ1n) is 4.11. The molecule has 0 aliphatic carbocycles. The van der Waals surface area contributed by atoms with Crippen LogP contribution >= 0.6 is 11.8 Å². The van der Waals surface area contributed by atoms with Gasteiger partial charge in [0.05, 0.1) is 0 Å². The molecule has 1 rings (SSSR count). The first-order valence-corrected chi connectivity index (χ1v) is 5.16. The van der Waals surface area contributed by atoms with Crippen LogP contribution in [0.4, 0.5) is 0 Å². The molecule has 1 heterocycles. The molecule has 0 amide bonds. The summed E-state index contributed by atoms with van der Waals surface area (Å²) in [5, 5.41) is 4.40. The molecule has 2 heteroatoms. The SMILES string of the molecule is CCC1NC(C)CSC1C. The van der Waals surface area contributed by atoms with Gasteiger partial charge in [-0.1, -0.05) is 13.8 Å². The lowest BCUT2D eigenvalue weighted by Crippen LogP contribution is -2.47. The van der Waals surface area contributed by atoms with Crippen molar-refractivity contribution in [3.63, 3.8) is 0 Å². The van der Waals surface area contributed by atoms with Crippen LogP contribution in [0.1, 0.15) is 27.2 Å². The van der Waals surface area contributed by atoms with E-state index in [0.29, 0.717) is 6.04 Å². The summed E-state index contributed by atoms with van der Waals surface area (Å²) in [4.78, 5) is 0. The third-order valence-electron chi connectivity index (χ3n) is 2.11. The van der Waals surface area contributed by atoms with Gasteiger partial charge < -0.3 is 5.32 Å². The highest BCUT2D eigenvalue weighted by molar-refractivity contribution is 8.00. The van der Waals surface area contributed by atoms with Crippen molar-refractivity contribution >= 4 is 11.8 Å². The summed E-state index contributed by atoms with van der Waals surface area (Å²) in [5.41, 5.74) is 0. The molecule has 1 aliphatic heterocycles. The van der Waals surface area contributed by atoms with E-state index in [0.717, 1.165) is 11.3 Å². The molecule has 3 unspecified atom stereocenters. The van der Waals surface area contributed by atoms with Crippen LogP contribution in [-0.2, 0) is 0 Å². The van der Waals surface area contributed by atoms with E-state index in [1.807, 2.05) is 0 Å². The van der Waals surface area contributed by atoms with Crippen molar-refractivity contribution in [2.24, 2.45) is 0 Å². The Bertz CT molecular complexity index is 105. The molecule has 0 bridgehead atoms. The molecule has 0 radical (unpaired) electrons. The monoisotopic (exact) mass is 159 g/mol. The molecule has 60 valence electrons. The van der Waals surface area contributed by atoms with E-state index in [2.05, 4.69) is 37.8 Å². The zero-order chi connectivity index (χ0) is 7.56. The van der Waals surface area contributed by atoms with Crippen molar-refractivity contribution in [1.82, 2.24) is 5.32 Å². The van der Waals surface area contributed by atoms with Gasteiger partial charge in [-0.3, -0.25) is 0 Å². The van der Waals surface area contributed by atoms with Crippen LogP contribution in [0, 0.1) is 0 Å². The van der Waals surface area contributed by atoms with Crippen molar-refractivity contribution < 1.29 is 0 Å². The molecule has 1 N–H and O–H groups in total. The maximum Gasteiger partial charge on any atom is 0.0184 e. The van der Waals surface area contributed by atoms with Gasteiger partial charge in [0.25, 0.3) is 0 Å². The van der Waals surface area contributed by atoms with Crippen molar-refractivity contribution in [3.8, 4) is 0 Å². The fraction of sp³-hybridized carbons (Fsp3) is 1.00. The number of thioether (sulfide) groups is 1. The Labute approximate surface area is 68.0 Å². The number of hydrogen-bond acceptors (Lipinski definition) is 2. The molecule has 0 aromatic rings. The van der Waals surface area contributed by atoms with E-state index < -0.39 is 0 Å². The Morgan fingerprint density at radius 2 is 2.20 bits per heavy atom. The van der Waals surface area contributed by atoms with Crippen LogP contribution in [0.3, 0.4) is 0 Å². The molecular formula is C8H17NS. The highest BCUT2D eigenvalue weighted by atomic mass is 32.2. The van der Waals surface area contributed by atoms with Gasteiger partial charge in [-0.05, 0) is 13.3 Å². The standard InChI is InChI=1S/C8H17NS/c1-4-8-7(3)10-5-6(2)9-8/h6-9H,4-5H2,1-3H3. The van der Waals surface area contributed by atoms with Gasteiger partial charge in [0, 0.05) is 23.1 Å². The van der Waals surface area contributed by atoms with Crippen LogP contribution in [0.2, 0.25) is 0 Å². The third-order valence-corrected chi connectivity index (χ3v) is 3.66. The molecule has 1 nitrogen and oxygen atoms in total. The summed E-state index contributed by atoms with van der Waals surface area (Å²) in [6.07, 6.45) is 1.26. The summed E-state index contributed by atoms with van der Waals surface area (Å²) in [6.45, 7) is 6.84. The van der Waals surface area contributed by atoms with Crippen molar-refractivity contribution in [2.45, 2.75) is 44.5 Å². The van der Waals surface area contributed by atoms with Crippen molar-refractivity contribution in [3.05, 3.63) is 0 Å². The maximum atomic E-state index is 3.59. The van der Waals surface area contributed by atoms with E-state index in [-0.39, 0.29) is 0 Å². The second kappa shape index (κ2) is 3.63. The largest absolute Gasteiger partial charge is 0.310 e. The van der Waals surface area contributed by atoms with Crippen LogP contribution in [-0.4, -0.2) is 23.1 Å². The lowest BCUT2D eigenvalue weighted by Gasteiger charge is -2.33. The Kier molecular flexibility index (Phi) is 3.05. The second-order valence-electron chi connectivity index (χ2n) is 3.12. The molecule has 10 heavy (non-hydrogen) atoms. The van der Waals surface area contributed by atoms with Gasteiger partial charge >= 0.3 is 0 Å². The highest BCUT2D eigenvalue weighted by Crippen LogP contribution is 2.22. The molecule has 0 spiro atoms. The Morgan fingerprint density at radius 1 is 1.50 bits per heavy atom. The van der Waals surface area contributed by atoms with Gasteiger partial charge in [0.2, 0.25) is 0 Å². The summed E-state index contributed by atoms with van der Waals surface area (Å²) in [6, 6.07) is 1.46. The fourth-order valence-electron chi connectivity index (χ4n) is 1.41. The minimum atomic E-state index is 0.714. The van der Waals surface area contributed by atoms with Crippen LogP contribution in [0.5, 0.6) is 0 Å². The van der Waals surface area contributed by atoms with E-state index in [9.17, 15) is 0 Å². The van der Waals surface area contributed by atoms with Crippen molar-refractivity contribution in [2.75, 3.05) is 5.75 Å². The van der Waals surface area contributed by atoms with Gasteiger partial charge in [0.15, 0.2) is 0 Å². The highest BCUT2D eigenvalue weighted by Gasteiger charge is 2.22. The van der Waals surface area contributed by atoms with Crippen molar-refractivity contribution in [1.29, 1.82) is 0 Å². The first-order chi connectivity index (χ1) is 4.74. The predicted octanol–water partition coefficient (Wildman–Crippen LogP) is 1.88. The maximum absolute atomic E-state index is 3.59. The number of hydrogen-bond donors (Lipinski definition) is 1. The number of rotatable bonds is 1. The quantitative estimate of drug-likeness (QED) is 0.627. The van der Waals surface area contributed by atoms with Crippen LogP contribution in [0.25, 0.3) is 0 Å². The van der Waals surface area contributed by atoms with Gasteiger partial charge in [-0.25, -0.2) is 0 Å². The van der Waals surface area contributed by atoms with E-state index >= 15 is 0 Å². The Morgan fingerprint density at radius 3 is 2.70 bits per heavy atom. The summed E-state index contributed by atoms with van der Waals surface area (Å²) in [7, 11) is 0. The van der Waals surface area contributed by atoms with E-state index in [1.54, 1.807) is 0 Å². The molecule has 0 aromatic carbocycles. The second-order valence-corrected chi connectivity index (χ2v) is 4.53.